The van der Waals surface area contributed by atoms with Crippen LogP contribution in [-0.2, 0) is 4.74 Å². The third-order valence-electron chi connectivity index (χ3n) is 10.9. The molecule has 2 N–H and O–H groups in total. The summed E-state index contributed by atoms with van der Waals surface area (Å²) in [6.07, 6.45) is 0.702. The van der Waals surface area contributed by atoms with Gasteiger partial charge in [-0.05, 0) is 110 Å². The van der Waals surface area contributed by atoms with Crippen LogP contribution in [0.4, 0.5) is 13.2 Å². The van der Waals surface area contributed by atoms with E-state index in [0.29, 0.717) is 48.5 Å². The van der Waals surface area contributed by atoms with Gasteiger partial charge in [-0.15, -0.1) is 0 Å². The van der Waals surface area contributed by atoms with E-state index < -0.39 is 17.9 Å². The molecule has 5 aliphatic rings. The van der Waals surface area contributed by atoms with Crippen LogP contribution in [0.2, 0.25) is 0 Å². The summed E-state index contributed by atoms with van der Waals surface area (Å²) in [5.74, 6) is 4.34. The van der Waals surface area contributed by atoms with E-state index in [2.05, 4.69) is 13.8 Å². The van der Waals surface area contributed by atoms with Crippen molar-refractivity contribution in [2.45, 2.75) is 83.1 Å². The molecule has 3 nitrogen and oxygen atoms in total. The highest BCUT2D eigenvalue weighted by Crippen LogP contribution is 2.76. The monoisotopic (exact) mass is 444 g/mol. The van der Waals surface area contributed by atoms with E-state index in [9.17, 15) is 23.4 Å². The average molecular weight is 445 g/mol. The SMILES string of the molecule is COC[C@@H](O)[C@@H](C)[C@H]1[C@@H]2C[C@@H]2[C@H]2[C@@H]3CC[C@@H]4C[C@@](O)(C(F)(F)F)CC[C@@H]4[C@H]3CC[C@@]21C. The minimum Gasteiger partial charge on any atom is -0.390 e. The van der Waals surface area contributed by atoms with Gasteiger partial charge in [-0.1, -0.05) is 13.8 Å². The van der Waals surface area contributed by atoms with Crippen LogP contribution in [0.5, 0.6) is 0 Å². The zero-order chi connectivity index (χ0) is 22.3. The van der Waals surface area contributed by atoms with Gasteiger partial charge in [0.1, 0.15) is 0 Å². The molecule has 0 aromatic carbocycles. The Morgan fingerprint density at radius 1 is 1.00 bits per heavy atom. The van der Waals surface area contributed by atoms with Gasteiger partial charge < -0.3 is 14.9 Å². The predicted octanol–water partition coefficient (Wildman–Crippen LogP) is 5.05. The largest absolute Gasteiger partial charge is 0.417 e. The second-order valence-electron chi connectivity index (χ2n) is 12.1. The van der Waals surface area contributed by atoms with E-state index in [4.69, 9.17) is 4.74 Å². The molecular formula is C25H39F3O3. The van der Waals surface area contributed by atoms with Crippen molar-refractivity contribution in [2.24, 2.45) is 58.7 Å². The highest BCUT2D eigenvalue weighted by molar-refractivity contribution is 5.18. The molecule has 0 spiro atoms. The molecule has 31 heavy (non-hydrogen) atoms. The van der Waals surface area contributed by atoms with Crippen molar-refractivity contribution in [3.8, 4) is 0 Å². The summed E-state index contributed by atoms with van der Waals surface area (Å²) in [5, 5.41) is 21.0. The molecule has 0 heterocycles. The molecule has 12 atom stereocenters. The number of hydrogen-bond acceptors (Lipinski definition) is 3. The van der Waals surface area contributed by atoms with Crippen LogP contribution < -0.4 is 0 Å². The van der Waals surface area contributed by atoms with E-state index in [1.807, 2.05) is 0 Å². The Labute approximate surface area is 184 Å². The standard InChI is InChI=1S/C25H39F3O3/c1-13(20(29)12-31-3)21-18-10-19(18)22-17-5-4-14-11-24(30,25(26,27)28)9-7-15(14)16(17)6-8-23(21,22)2/h13-22,29-30H,4-12H2,1-3H3/t13-,14-,15+,16-,17-,18-,19+,20-,21+,22-,23-,24-/m1/s1. The lowest BCUT2D eigenvalue weighted by Crippen LogP contribution is -2.56. The molecule has 5 aliphatic carbocycles. The number of hydrogen-bond donors (Lipinski definition) is 2. The normalized spacial score (nSPS) is 53.0. The lowest BCUT2D eigenvalue weighted by Gasteiger charge is -2.58. The third kappa shape index (κ3) is 3.24. The first-order valence-electron chi connectivity index (χ1n) is 12.5. The van der Waals surface area contributed by atoms with Gasteiger partial charge in [-0.2, -0.15) is 13.2 Å². The second kappa shape index (κ2) is 7.33. The first-order valence-corrected chi connectivity index (χ1v) is 12.5. The molecule has 0 aliphatic heterocycles. The van der Waals surface area contributed by atoms with Gasteiger partial charge in [0.2, 0.25) is 0 Å². The smallest absolute Gasteiger partial charge is 0.390 e. The van der Waals surface area contributed by atoms with Crippen LogP contribution in [-0.4, -0.2) is 41.8 Å². The number of rotatable bonds is 4. The summed E-state index contributed by atoms with van der Waals surface area (Å²) < 4.78 is 45.6. The Hall–Kier alpha value is -0.330. The van der Waals surface area contributed by atoms with E-state index in [1.165, 1.54) is 6.42 Å². The van der Waals surface area contributed by atoms with Crippen LogP contribution in [0.25, 0.3) is 0 Å². The lowest BCUT2D eigenvalue weighted by atomic mass is 9.47. The fraction of sp³-hybridized carbons (Fsp3) is 1.00. The van der Waals surface area contributed by atoms with Gasteiger partial charge in [-0.3, -0.25) is 0 Å². The van der Waals surface area contributed by atoms with Gasteiger partial charge >= 0.3 is 6.18 Å². The van der Waals surface area contributed by atoms with E-state index in [1.54, 1.807) is 7.11 Å². The molecule has 5 saturated carbocycles. The number of halogens is 3. The quantitative estimate of drug-likeness (QED) is 0.638. The van der Waals surface area contributed by atoms with Crippen LogP contribution in [0, 0.1) is 58.7 Å². The van der Waals surface area contributed by atoms with E-state index >= 15 is 0 Å². The Kier molecular flexibility index (Phi) is 5.31. The second-order valence-corrected chi connectivity index (χ2v) is 12.1. The maximum Gasteiger partial charge on any atom is 0.417 e. The molecular weight excluding hydrogens is 405 g/mol. The molecule has 0 amide bonds. The number of aliphatic hydroxyl groups is 2. The molecule has 0 aromatic heterocycles. The highest BCUT2D eigenvalue weighted by atomic mass is 19.4. The fourth-order valence-electron chi connectivity index (χ4n) is 9.71. The van der Waals surface area contributed by atoms with Crippen molar-refractivity contribution in [3.05, 3.63) is 0 Å². The molecule has 0 saturated heterocycles. The molecule has 5 fully saturated rings. The summed E-state index contributed by atoms with van der Waals surface area (Å²) in [4.78, 5) is 0. The molecule has 6 heteroatoms. The minimum atomic E-state index is -4.51. The Bertz CT molecular complexity index is 698. The van der Waals surface area contributed by atoms with Gasteiger partial charge in [0.15, 0.2) is 5.60 Å². The first kappa shape index (κ1) is 22.5. The Morgan fingerprint density at radius 2 is 1.71 bits per heavy atom. The lowest BCUT2D eigenvalue weighted by molar-refractivity contribution is -0.282. The minimum absolute atomic E-state index is 0.0145. The summed E-state index contributed by atoms with van der Waals surface area (Å²) in [6, 6.07) is 0. The van der Waals surface area contributed by atoms with Gasteiger partial charge in [0.05, 0.1) is 12.7 Å². The van der Waals surface area contributed by atoms with E-state index in [0.717, 1.165) is 31.6 Å². The van der Waals surface area contributed by atoms with Crippen molar-refractivity contribution in [1.82, 2.24) is 0 Å². The number of alkyl halides is 3. The molecule has 5 rings (SSSR count). The van der Waals surface area contributed by atoms with E-state index in [-0.39, 0.29) is 30.1 Å². The number of ether oxygens (including phenoxy) is 1. The van der Waals surface area contributed by atoms with Crippen LogP contribution >= 0.6 is 0 Å². The molecule has 178 valence electrons. The highest BCUT2D eigenvalue weighted by Gasteiger charge is 2.70. The van der Waals surface area contributed by atoms with Crippen LogP contribution in [0.1, 0.15) is 65.2 Å². The van der Waals surface area contributed by atoms with Crippen molar-refractivity contribution in [3.63, 3.8) is 0 Å². The molecule has 0 bridgehead atoms. The molecule has 0 aromatic rings. The van der Waals surface area contributed by atoms with Crippen molar-refractivity contribution in [2.75, 3.05) is 13.7 Å². The first-order chi connectivity index (χ1) is 14.5. The van der Waals surface area contributed by atoms with Gasteiger partial charge in [0.25, 0.3) is 0 Å². The predicted molar refractivity (Wildman–Crippen MR) is 111 cm³/mol. The number of methoxy groups -OCH3 is 1. The van der Waals surface area contributed by atoms with Crippen LogP contribution in [0.3, 0.4) is 0 Å². The zero-order valence-electron chi connectivity index (χ0n) is 19.1. The number of fused-ring (bicyclic) bond motifs is 7. The zero-order valence-corrected chi connectivity index (χ0v) is 19.1. The van der Waals surface area contributed by atoms with Crippen molar-refractivity contribution >= 4 is 0 Å². The summed E-state index contributed by atoms with van der Waals surface area (Å²) in [7, 11) is 1.64. The molecule has 0 radical (unpaired) electrons. The Balaban J connectivity index is 1.35. The molecule has 0 unspecified atom stereocenters. The number of aliphatic hydroxyl groups excluding tert-OH is 1. The van der Waals surface area contributed by atoms with Crippen LogP contribution in [0.15, 0.2) is 0 Å². The summed E-state index contributed by atoms with van der Waals surface area (Å²) in [6.45, 7) is 5.03. The topological polar surface area (TPSA) is 49.7 Å². The summed E-state index contributed by atoms with van der Waals surface area (Å²) >= 11 is 0. The summed E-state index contributed by atoms with van der Waals surface area (Å²) in [5.41, 5.74) is -2.24. The maximum absolute atomic E-state index is 13.5. The van der Waals surface area contributed by atoms with Crippen molar-refractivity contribution in [1.29, 1.82) is 0 Å². The van der Waals surface area contributed by atoms with Crippen molar-refractivity contribution < 1.29 is 28.1 Å². The average Bonchev–Trinajstić information content (AvgIpc) is 3.40. The van der Waals surface area contributed by atoms with Gasteiger partial charge in [-0.25, -0.2) is 0 Å². The maximum atomic E-state index is 13.5. The fourth-order valence-corrected chi connectivity index (χ4v) is 9.71. The van der Waals surface area contributed by atoms with Gasteiger partial charge in [0, 0.05) is 7.11 Å². The third-order valence-corrected chi connectivity index (χ3v) is 10.9. The Morgan fingerprint density at radius 3 is 2.39 bits per heavy atom.